The summed E-state index contributed by atoms with van der Waals surface area (Å²) in [5, 5.41) is 9.08. The molecule has 1 unspecified atom stereocenters. The molecule has 0 bridgehead atoms. The molecule has 0 heterocycles. The Morgan fingerprint density at radius 3 is 2.00 bits per heavy atom. The summed E-state index contributed by atoms with van der Waals surface area (Å²) in [5.41, 5.74) is -0.133. The summed E-state index contributed by atoms with van der Waals surface area (Å²) < 4.78 is 107. The standard InChI is InChI=1S/C11H12F8O4/c1-5(2)7(21)22-3-6(20)4-23-11(18,19)10(16,17)9(14,15)8(12)13/h6,8,20H,1,3-4H2,2H3. The number of aliphatic hydroxyl groups excluding tert-OH is 1. The number of esters is 1. The van der Waals surface area contributed by atoms with Crippen molar-refractivity contribution in [3.63, 3.8) is 0 Å². The Balaban J connectivity index is 4.75. The van der Waals surface area contributed by atoms with Crippen LogP contribution in [-0.2, 0) is 14.3 Å². The number of hydrogen-bond donors (Lipinski definition) is 1. The minimum absolute atomic E-state index is 0.133. The third-order valence-electron chi connectivity index (χ3n) is 2.27. The summed E-state index contributed by atoms with van der Waals surface area (Å²) >= 11 is 0. The fraction of sp³-hybridized carbons (Fsp3) is 0.727. The molecule has 0 spiro atoms. The highest BCUT2D eigenvalue weighted by atomic mass is 19.4. The molecule has 136 valence electrons. The first kappa shape index (κ1) is 21.6. The van der Waals surface area contributed by atoms with E-state index in [0.29, 0.717) is 0 Å². The highest BCUT2D eigenvalue weighted by Gasteiger charge is 2.76. The molecule has 0 aliphatic heterocycles. The van der Waals surface area contributed by atoms with Crippen molar-refractivity contribution >= 4 is 5.97 Å². The van der Waals surface area contributed by atoms with E-state index in [4.69, 9.17) is 5.11 Å². The Kier molecular flexibility index (Phi) is 6.96. The Morgan fingerprint density at radius 1 is 1.13 bits per heavy atom. The Bertz CT molecular complexity index is 438. The molecule has 0 fully saturated rings. The third kappa shape index (κ3) is 5.03. The average molecular weight is 360 g/mol. The van der Waals surface area contributed by atoms with Crippen LogP contribution in [-0.4, -0.2) is 54.8 Å². The second-order valence-corrected chi connectivity index (χ2v) is 4.36. The average Bonchev–Trinajstić information content (AvgIpc) is 2.41. The van der Waals surface area contributed by atoms with Crippen molar-refractivity contribution in [2.75, 3.05) is 13.2 Å². The van der Waals surface area contributed by atoms with Crippen LogP contribution in [0.15, 0.2) is 12.2 Å². The van der Waals surface area contributed by atoms with Crippen LogP contribution >= 0.6 is 0 Å². The number of ether oxygens (including phenoxy) is 2. The Labute approximate surface area is 124 Å². The number of carbonyl (C=O) groups is 1. The predicted molar refractivity (Wildman–Crippen MR) is 58.6 cm³/mol. The molecule has 0 aromatic carbocycles. The first-order chi connectivity index (χ1) is 10.2. The molecule has 0 amide bonds. The van der Waals surface area contributed by atoms with Gasteiger partial charge in [-0.25, -0.2) is 13.6 Å². The van der Waals surface area contributed by atoms with Crippen molar-refractivity contribution in [3.8, 4) is 0 Å². The fourth-order valence-corrected chi connectivity index (χ4v) is 0.966. The molecule has 4 nitrogen and oxygen atoms in total. The van der Waals surface area contributed by atoms with Gasteiger partial charge in [0.2, 0.25) is 0 Å². The van der Waals surface area contributed by atoms with Gasteiger partial charge >= 0.3 is 30.3 Å². The summed E-state index contributed by atoms with van der Waals surface area (Å²) in [6, 6.07) is 0. The van der Waals surface area contributed by atoms with Crippen LogP contribution in [0.5, 0.6) is 0 Å². The third-order valence-corrected chi connectivity index (χ3v) is 2.27. The van der Waals surface area contributed by atoms with Crippen LogP contribution in [0, 0.1) is 0 Å². The number of carbonyl (C=O) groups excluding carboxylic acids is 1. The van der Waals surface area contributed by atoms with Gasteiger partial charge in [0.15, 0.2) is 0 Å². The van der Waals surface area contributed by atoms with Crippen molar-refractivity contribution in [2.24, 2.45) is 0 Å². The second kappa shape index (κ2) is 7.43. The van der Waals surface area contributed by atoms with Crippen LogP contribution < -0.4 is 0 Å². The molecule has 0 saturated carbocycles. The summed E-state index contributed by atoms with van der Waals surface area (Å²) in [5.74, 6) is -14.0. The Morgan fingerprint density at radius 2 is 1.61 bits per heavy atom. The van der Waals surface area contributed by atoms with Crippen molar-refractivity contribution in [1.82, 2.24) is 0 Å². The van der Waals surface area contributed by atoms with Crippen LogP contribution in [0.3, 0.4) is 0 Å². The fourth-order valence-electron chi connectivity index (χ4n) is 0.966. The number of hydrogen-bond acceptors (Lipinski definition) is 4. The van der Waals surface area contributed by atoms with Gasteiger partial charge in [-0.15, -0.1) is 0 Å². The topological polar surface area (TPSA) is 55.8 Å². The van der Waals surface area contributed by atoms with E-state index in [0.717, 1.165) is 0 Å². The molecule has 23 heavy (non-hydrogen) atoms. The number of aliphatic hydroxyl groups is 1. The van der Waals surface area contributed by atoms with E-state index in [1.807, 2.05) is 0 Å². The number of alkyl halides is 8. The molecule has 0 radical (unpaired) electrons. The van der Waals surface area contributed by atoms with E-state index < -0.39 is 49.7 Å². The van der Waals surface area contributed by atoms with Crippen LogP contribution in [0.1, 0.15) is 6.92 Å². The molecule has 0 rings (SSSR count). The molecular weight excluding hydrogens is 348 g/mol. The zero-order valence-electron chi connectivity index (χ0n) is 11.5. The molecular formula is C11H12F8O4. The second-order valence-electron chi connectivity index (χ2n) is 4.36. The summed E-state index contributed by atoms with van der Waals surface area (Å²) in [7, 11) is 0. The molecule has 0 aromatic heterocycles. The van der Waals surface area contributed by atoms with E-state index >= 15 is 0 Å². The van der Waals surface area contributed by atoms with Crippen molar-refractivity contribution in [2.45, 2.75) is 37.4 Å². The predicted octanol–water partition coefficient (Wildman–Crippen LogP) is 2.61. The van der Waals surface area contributed by atoms with E-state index in [1.165, 1.54) is 6.92 Å². The van der Waals surface area contributed by atoms with Gasteiger partial charge in [-0.2, -0.15) is 26.3 Å². The minimum Gasteiger partial charge on any atom is -0.460 e. The van der Waals surface area contributed by atoms with Crippen LogP contribution in [0.25, 0.3) is 0 Å². The largest absolute Gasteiger partial charge is 0.460 e. The van der Waals surface area contributed by atoms with Gasteiger partial charge in [0.05, 0.1) is 6.61 Å². The quantitative estimate of drug-likeness (QED) is 0.390. The minimum atomic E-state index is -6.54. The molecule has 0 aliphatic carbocycles. The molecule has 0 aliphatic rings. The summed E-state index contributed by atoms with van der Waals surface area (Å²) in [6.45, 7) is 1.64. The van der Waals surface area contributed by atoms with Gasteiger partial charge in [0.25, 0.3) is 0 Å². The molecule has 12 heteroatoms. The highest BCUT2D eigenvalue weighted by Crippen LogP contribution is 2.48. The molecule has 0 saturated heterocycles. The summed E-state index contributed by atoms with van der Waals surface area (Å²) in [4.78, 5) is 10.9. The van der Waals surface area contributed by atoms with E-state index in [-0.39, 0.29) is 5.57 Å². The van der Waals surface area contributed by atoms with Gasteiger partial charge in [-0.3, -0.25) is 0 Å². The van der Waals surface area contributed by atoms with E-state index in [1.54, 1.807) is 0 Å². The highest BCUT2D eigenvalue weighted by molar-refractivity contribution is 5.86. The molecule has 1 atom stereocenters. The monoisotopic (exact) mass is 360 g/mol. The van der Waals surface area contributed by atoms with Crippen molar-refractivity contribution in [3.05, 3.63) is 12.2 Å². The Hall–Kier alpha value is -1.43. The SMILES string of the molecule is C=C(C)C(=O)OCC(O)COC(F)(F)C(F)(F)C(F)(F)C(F)F. The van der Waals surface area contributed by atoms with E-state index in [2.05, 4.69) is 16.1 Å². The van der Waals surface area contributed by atoms with Crippen LogP contribution in [0.2, 0.25) is 0 Å². The number of halogens is 8. The number of rotatable bonds is 9. The molecule has 0 aromatic rings. The maximum atomic E-state index is 12.9. The smallest absolute Gasteiger partial charge is 0.426 e. The lowest BCUT2D eigenvalue weighted by atomic mass is 10.1. The summed E-state index contributed by atoms with van der Waals surface area (Å²) in [6.07, 6.45) is -13.2. The van der Waals surface area contributed by atoms with Crippen molar-refractivity contribution < 1.29 is 54.5 Å². The van der Waals surface area contributed by atoms with Crippen molar-refractivity contribution in [1.29, 1.82) is 0 Å². The van der Waals surface area contributed by atoms with Gasteiger partial charge < -0.3 is 14.6 Å². The maximum Gasteiger partial charge on any atom is 0.426 e. The van der Waals surface area contributed by atoms with Gasteiger partial charge in [0, 0.05) is 5.57 Å². The van der Waals surface area contributed by atoms with Gasteiger partial charge in [0.1, 0.15) is 12.7 Å². The lowest BCUT2D eigenvalue weighted by Gasteiger charge is -2.31. The lowest BCUT2D eigenvalue weighted by Crippen LogP contribution is -2.59. The van der Waals surface area contributed by atoms with E-state index in [9.17, 15) is 39.9 Å². The zero-order chi connectivity index (χ0) is 18.6. The molecule has 1 N–H and O–H groups in total. The van der Waals surface area contributed by atoms with Gasteiger partial charge in [-0.1, -0.05) is 6.58 Å². The van der Waals surface area contributed by atoms with Crippen LogP contribution in [0.4, 0.5) is 35.1 Å². The van der Waals surface area contributed by atoms with Gasteiger partial charge in [-0.05, 0) is 6.92 Å². The maximum absolute atomic E-state index is 12.9. The first-order valence-corrected chi connectivity index (χ1v) is 5.73. The first-order valence-electron chi connectivity index (χ1n) is 5.73. The lowest BCUT2D eigenvalue weighted by molar-refractivity contribution is -0.415. The normalized spacial score (nSPS) is 14.7. The zero-order valence-corrected chi connectivity index (χ0v) is 11.5.